The highest BCUT2D eigenvalue weighted by atomic mass is 35.5. The van der Waals surface area contributed by atoms with Gasteiger partial charge in [-0.15, -0.1) is 0 Å². The van der Waals surface area contributed by atoms with Crippen molar-refractivity contribution >= 4 is 40.8 Å². The van der Waals surface area contributed by atoms with Crippen LogP contribution in [0.3, 0.4) is 0 Å². The summed E-state index contributed by atoms with van der Waals surface area (Å²) in [5.74, 6) is -0.107. The monoisotopic (exact) mass is 482 g/mol. The van der Waals surface area contributed by atoms with Gasteiger partial charge in [-0.25, -0.2) is 4.79 Å². The number of urea groups is 1. The van der Waals surface area contributed by atoms with Gasteiger partial charge in [0.15, 0.2) is 0 Å². The smallest absolute Gasteiger partial charge is 0.322 e. The molecule has 0 aliphatic heterocycles. The second kappa shape index (κ2) is 13.4. The molecule has 0 aliphatic carbocycles. The normalized spacial score (nSPS) is 10.8. The molecule has 0 fully saturated rings. The fraction of sp³-hybridized carbons (Fsp3) is 0.478. The molecule has 1 heterocycles. The number of hydrogen-bond acceptors (Lipinski definition) is 3. The maximum atomic E-state index is 13.2. The minimum Gasteiger partial charge on any atom is -0.385 e. The van der Waals surface area contributed by atoms with Gasteiger partial charge in [-0.3, -0.25) is 4.79 Å². The van der Waals surface area contributed by atoms with Gasteiger partial charge in [0, 0.05) is 45.7 Å². The standard InChI is InChI=1S/C23H32Cl2N4O3/c1-4-5-13-28(16-18-9-7-12-27(18)2)21(30)17-29(14-8-15-32-3)23(31)26-20-11-6-10-19(24)22(20)25/h6-7,9-12H,4-5,8,13-17H2,1-3H3,(H,26,31). The van der Waals surface area contributed by atoms with Crippen LogP contribution in [0.5, 0.6) is 0 Å². The highest BCUT2D eigenvalue weighted by molar-refractivity contribution is 6.43. The number of benzene rings is 1. The number of anilines is 1. The van der Waals surface area contributed by atoms with E-state index in [1.165, 1.54) is 4.90 Å². The first-order valence-electron chi connectivity index (χ1n) is 10.7. The lowest BCUT2D eigenvalue weighted by molar-refractivity contribution is -0.132. The number of nitrogens with one attached hydrogen (secondary N) is 1. The summed E-state index contributed by atoms with van der Waals surface area (Å²) in [6.45, 7) is 4.03. The molecule has 0 radical (unpaired) electrons. The zero-order chi connectivity index (χ0) is 23.5. The molecule has 0 saturated carbocycles. The van der Waals surface area contributed by atoms with Crippen LogP contribution in [0.1, 0.15) is 31.9 Å². The van der Waals surface area contributed by atoms with Crippen molar-refractivity contribution in [2.24, 2.45) is 7.05 Å². The zero-order valence-electron chi connectivity index (χ0n) is 18.9. The Labute approximate surface area is 200 Å². The summed E-state index contributed by atoms with van der Waals surface area (Å²) in [4.78, 5) is 29.5. The molecule has 176 valence electrons. The summed E-state index contributed by atoms with van der Waals surface area (Å²) in [6, 6.07) is 8.57. The molecule has 0 unspecified atom stereocenters. The number of nitrogens with zero attached hydrogens (tertiary/aromatic N) is 3. The topological polar surface area (TPSA) is 66.8 Å². The van der Waals surface area contributed by atoms with Crippen molar-refractivity contribution in [1.29, 1.82) is 0 Å². The number of unbranched alkanes of at least 4 members (excludes halogenated alkanes) is 1. The van der Waals surface area contributed by atoms with Crippen LogP contribution >= 0.6 is 23.2 Å². The SMILES string of the molecule is CCCCN(Cc1cccn1C)C(=O)CN(CCCOC)C(=O)Nc1cccc(Cl)c1Cl. The van der Waals surface area contributed by atoms with E-state index in [1.54, 1.807) is 25.3 Å². The van der Waals surface area contributed by atoms with E-state index in [0.717, 1.165) is 18.5 Å². The molecule has 3 amide bonds. The molecule has 1 aromatic heterocycles. The third-order valence-electron chi connectivity index (χ3n) is 5.12. The van der Waals surface area contributed by atoms with Crippen LogP contribution in [0.2, 0.25) is 10.0 Å². The molecule has 0 saturated heterocycles. The van der Waals surface area contributed by atoms with Crippen LogP contribution in [-0.2, 0) is 23.1 Å². The Balaban J connectivity index is 2.14. The number of amides is 3. The molecular weight excluding hydrogens is 451 g/mol. The Hall–Kier alpha value is -2.22. The van der Waals surface area contributed by atoms with Crippen LogP contribution in [-0.4, -0.2) is 59.7 Å². The van der Waals surface area contributed by atoms with Crippen LogP contribution in [0.25, 0.3) is 0 Å². The summed E-state index contributed by atoms with van der Waals surface area (Å²) >= 11 is 12.3. The third kappa shape index (κ3) is 7.73. The Morgan fingerprint density at radius 2 is 1.84 bits per heavy atom. The lowest BCUT2D eigenvalue weighted by Gasteiger charge is -2.28. The van der Waals surface area contributed by atoms with Gasteiger partial charge in [0.1, 0.15) is 6.54 Å². The molecule has 2 aromatic rings. The highest BCUT2D eigenvalue weighted by Crippen LogP contribution is 2.29. The van der Waals surface area contributed by atoms with E-state index in [4.69, 9.17) is 27.9 Å². The Morgan fingerprint density at radius 1 is 1.09 bits per heavy atom. The van der Waals surface area contributed by atoms with Crippen molar-refractivity contribution in [1.82, 2.24) is 14.4 Å². The van der Waals surface area contributed by atoms with Gasteiger partial charge < -0.3 is 24.4 Å². The predicted octanol–water partition coefficient (Wildman–Crippen LogP) is 5.03. The first kappa shape index (κ1) is 26.0. The molecule has 0 atom stereocenters. The van der Waals surface area contributed by atoms with Crippen molar-refractivity contribution in [3.63, 3.8) is 0 Å². The number of aromatic nitrogens is 1. The molecule has 32 heavy (non-hydrogen) atoms. The molecule has 0 aliphatic rings. The minimum absolute atomic E-state index is 0.0398. The van der Waals surface area contributed by atoms with E-state index in [1.807, 2.05) is 34.8 Å². The van der Waals surface area contributed by atoms with Crippen molar-refractivity contribution < 1.29 is 14.3 Å². The van der Waals surface area contributed by atoms with E-state index in [9.17, 15) is 9.59 Å². The van der Waals surface area contributed by atoms with Crippen LogP contribution < -0.4 is 5.32 Å². The number of carbonyl (C=O) groups excluding carboxylic acids is 2. The second-order valence-electron chi connectivity index (χ2n) is 7.58. The fourth-order valence-electron chi connectivity index (χ4n) is 3.21. The predicted molar refractivity (Wildman–Crippen MR) is 129 cm³/mol. The van der Waals surface area contributed by atoms with Gasteiger partial charge in [-0.05, 0) is 37.1 Å². The van der Waals surface area contributed by atoms with Crippen molar-refractivity contribution in [3.05, 3.63) is 52.3 Å². The van der Waals surface area contributed by atoms with E-state index < -0.39 is 6.03 Å². The summed E-state index contributed by atoms with van der Waals surface area (Å²) < 4.78 is 7.12. The number of aryl methyl sites for hydroxylation is 1. The number of methoxy groups -OCH3 is 1. The third-order valence-corrected chi connectivity index (χ3v) is 5.94. The molecule has 1 aromatic carbocycles. The van der Waals surface area contributed by atoms with Gasteiger partial charge in [-0.1, -0.05) is 42.6 Å². The van der Waals surface area contributed by atoms with Crippen molar-refractivity contribution in [3.8, 4) is 0 Å². The molecule has 0 spiro atoms. The first-order chi connectivity index (χ1) is 15.4. The fourth-order valence-corrected chi connectivity index (χ4v) is 3.56. The largest absolute Gasteiger partial charge is 0.385 e. The first-order valence-corrected chi connectivity index (χ1v) is 11.5. The lowest BCUT2D eigenvalue weighted by atomic mass is 10.2. The van der Waals surface area contributed by atoms with Gasteiger partial charge in [0.2, 0.25) is 5.91 Å². The van der Waals surface area contributed by atoms with Crippen LogP contribution in [0.15, 0.2) is 36.5 Å². The molecular formula is C23H32Cl2N4O3. The Bertz CT molecular complexity index is 888. The summed E-state index contributed by atoms with van der Waals surface area (Å²) in [5.41, 5.74) is 1.44. The molecule has 1 N–H and O–H groups in total. The minimum atomic E-state index is -0.409. The molecule has 2 rings (SSSR count). The number of halogens is 2. The Kier molecular flexibility index (Phi) is 10.9. The zero-order valence-corrected chi connectivity index (χ0v) is 20.5. The van der Waals surface area contributed by atoms with Crippen molar-refractivity contribution in [2.75, 3.05) is 38.7 Å². The Morgan fingerprint density at radius 3 is 2.50 bits per heavy atom. The van der Waals surface area contributed by atoms with Crippen LogP contribution in [0, 0.1) is 0 Å². The average Bonchev–Trinajstić information content (AvgIpc) is 3.17. The summed E-state index contributed by atoms with van der Waals surface area (Å²) in [5, 5.41) is 3.39. The van der Waals surface area contributed by atoms with Gasteiger partial charge in [0.25, 0.3) is 0 Å². The molecule has 7 nitrogen and oxygen atoms in total. The van der Waals surface area contributed by atoms with Crippen LogP contribution in [0.4, 0.5) is 10.5 Å². The summed E-state index contributed by atoms with van der Waals surface area (Å²) in [7, 11) is 3.56. The average molecular weight is 483 g/mol. The number of carbonyl (C=O) groups is 2. The summed E-state index contributed by atoms with van der Waals surface area (Å²) in [6.07, 6.45) is 4.43. The van der Waals surface area contributed by atoms with Crippen molar-refractivity contribution in [2.45, 2.75) is 32.7 Å². The number of ether oxygens (including phenoxy) is 1. The lowest BCUT2D eigenvalue weighted by Crippen LogP contribution is -2.45. The van der Waals surface area contributed by atoms with Gasteiger partial charge >= 0.3 is 6.03 Å². The van der Waals surface area contributed by atoms with E-state index >= 15 is 0 Å². The maximum Gasteiger partial charge on any atom is 0.322 e. The van der Waals surface area contributed by atoms with Gasteiger partial charge in [0.05, 0.1) is 22.3 Å². The van der Waals surface area contributed by atoms with E-state index in [-0.39, 0.29) is 17.5 Å². The van der Waals surface area contributed by atoms with E-state index in [0.29, 0.717) is 43.4 Å². The van der Waals surface area contributed by atoms with E-state index in [2.05, 4.69) is 12.2 Å². The maximum absolute atomic E-state index is 13.2. The quantitative estimate of drug-likeness (QED) is 0.431. The molecule has 0 bridgehead atoms. The number of rotatable bonds is 12. The van der Waals surface area contributed by atoms with Gasteiger partial charge in [-0.2, -0.15) is 0 Å². The number of hydrogen-bond donors (Lipinski definition) is 1. The molecule has 9 heteroatoms. The second-order valence-corrected chi connectivity index (χ2v) is 8.36. The highest BCUT2D eigenvalue weighted by Gasteiger charge is 2.22.